The molecule has 0 aliphatic carbocycles. The number of nitrogens with two attached hydrogens (primary N) is 1. The fraction of sp³-hybridized carbons (Fsp3) is 0.286. The average Bonchev–Trinajstić information content (AvgIpc) is 2.88. The molecule has 0 aliphatic heterocycles. The lowest BCUT2D eigenvalue weighted by molar-refractivity contribution is 0.0943. The number of hydrogen-bond acceptors (Lipinski definition) is 4. The number of aryl methyl sites for hydroxylation is 2. The quantitative estimate of drug-likeness (QED) is 0.839. The Morgan fingerprint density at radius 1 is 1.50 bits per heavy atom. The molecular weight excluding hydrogens is 261 g/mol. The lowest BCUT2D eigenvalue weighted by Gasteiger charge is -2.07. The number of carbonyl (C=O) groups is 1. The van der Waals surface area contributed by atoms with E-state index in [0.29, 0.717) is 17.1 Å². The predicted molar refractivity (Wildman–Crippen MR) is 72.6 cm³/mol. The van der Waals surface area contributed by atoms with Crippen LogP contribution in [-0.2, 0) is 13.0 Å². The van der Waals surface area contributed by atoms with E-state index < -0.39 is 11.7 Å². The van der Waals surface area contributed by atoms with Crippen molar-refractivity contribution < 1.29 is 13.6 Å². The maximum Gasteiger partial charge on any atom is 0.254 e. The van der Waals surface area contributed by atoms with Crippen LogP contribution in [0.5, 0.6) is 0 Å². The van der Waals surface area contributed by atoms with Gasteiger partial charge in [-0.25, -0.2) is 9.37 Å². The van der Waals surface area contributed by atoms with Gasteiger partial charge in [0.25, 0.3) is 5.91 Å². The molecule has 0 saturated carbocycles. The summed E-state index contributed by atoms with van der Waals surface area (Å²) in [7, 11) is 0. The van der Waals surface area contributed by atoms with Crippen molar-refractivity contribution in [1.29, 1.82) is 0 Å². The average molecular weight is 277 g/mol. The van der Waals surface area contributed by atoms with Gasteiger partial charge in [0.05, 0.1) is 18.3 Å². The summed E-state index contributed by atoms with van der Waals surface area (Å²) in [5.41, 5.74) is 6.22. The van der Waals surface area contributed by atoms with Gasteiger partial charge in [-0.3, -0.25) is 4.79 Å². The molecule has 0 atom stereocenters. The van der Waals surface area contributed by atoms with E-state index in [-0.39, 0.29) is 12.1 Å². The van der Waals surface area contributed by atoms with E-state index >= 15 is 0 Å². The molecule has 0 saturated heterocycles. The maximum absolute atomic E-state index is 13.9. The Balaban J connectivity index is 2.09. The van der Waals surface area contributed by atoms with Crippen LogP contribution in [0.1, 0.15) is 34.5 Å². The number of hydrogen-bond donors (Lipinski definition) is 2. The summed E-state index contributed by atoms with van der Waals surface area (Å²) in [4.78, 5) is 16.0. The van der Waals surface area contributed by atoms with Gasteiger partial charge in [-0.2, -0.15) is 0 Å². The van der Waals surface area contributed by atoms with Crippen molar-refractivity contribution in [2.75, 3.05) is 5.73 Å². The smallest absolute Gasteiger partial charge is 0.254 e. The highest BCUT2D eigenvalue weighted by molar-refractivity contribution is 5.95. The summed E-state index contributed by atoms with van der Waals surface area (Å²) < 4.78 is 19.2. The second-order valence-corrected chi connectivity index (χ2v) is 4.46. The summed E-state index contributed by atoms with van der Waals surface area (Å²) >= 11 is 0. The number of nitrogens with one attached hydrogen (secondary N) is 1. The number of benzene rings is 1. The van der Waals surface area contributed by atoms with Crippen molar-refractivity contribution in [2.24, 2.45) is 0 Å². The predicted octanol–water partition coefficient (Wildman–Crippen LogP) is 2.20. The van der Waals surface area contributed by atoms with Crippen LogP contribution in [0.25, 0.3) is 0 Å². The number of amides is 1. The van der Waals surface area contributed by atoms with Gasteiger partial charge in [-0.15, -0.1) is 0 Å². The number of nitrogens with zero attached hydrogens (tertiary/aromatic N) is 1. The summed E-state index contributed by atoms with van der Waals surface area (Å²) in [5, 5.41) is 2.56. The number of nitrogen functional groups attached to an aromatic ring is 1. The topological polar surface area (TPSA) is 81.2 Å². The van der Waals surface area contributed by atoms with Crippen LogP contribution >= 0.6 is 0 Å². The number of anilines is 1. The summed E-state index contributed by atoms with van der Waals surface area (Å²) in [6.45, 7) is 3.60. The fourth-order valence-electron chi connectivity index (χ4n) is 1.81. The van der Waals surface area contributed by atoms with E-state index in [4.69, 9.17) is 10.2 Å². The van der Waals surface area contributed by atoms with Crippen LogP contribution in [0.4, 0.5) is 10.1 Å². The van der Waals surface area contributed by atoms with E-state index in [9.17, 15) is 9.18 Å². The molecule has 0 radical (unpaired) electrons. The molecule has 0 fully saturated rings. The second kappa shape index (κ2) is 5.73. The zero-order valence-corrected chi connectivity index (χ0v) is 11.4. The van der Waals surface area contributed by atoms with Crippen molar-refractivity contribution in [2.45, 2.75) is 26.8 Å². The molecular formula is C14H16FN3O2. The fourth-order valence-corrected chi connectivity index (χ4v) is 1.81. The highest BCUT2D eigenvalue weighted by Gasteiger charge is 2.15. The SMILES string of the molecule is CCc1cnc(CNC(=O)c2cc(N)cc(C)c2F)o1. The van der Waals surface area contributed by atoms with E-state index in [2.05, 4.69) is 10.3 Å². The minimum absolute atomic E-state index is 0.0789. The molecule has 0 aliphatic rings. The minimum Gasteiger partial charge on any atom is -0.444 e. The molecule has 106 valence electrons. The molecule has 20 heavy (non-hydrogen) atoms. The van der Waals surface area contributed by atoms with E-state index in [0.717, 1.165) is 12.2 Å². The first-order valence-electron chi connectivity index (χ1n) is 6.28. The highest BCUT2D eigenvalue weighted by Crippen LogP contribution is 2.17. The number of carbonyl (C=O) groups excluding carboxylic acids is 1. The Morgan fingerprint density at radius 3 is 2.90 bits per heavy atom. The van der Waals surface area contributed by atoms with Gasteiger partial charge in [-0.05, 0) is 24.6 Å². The molecule has 2 aromatic rings. The summed E-state index contributed by atoms with van der Waals surface area (Å²) in [5.74, 6) is 0.00367. The Bertz CT molecular complexity index is 637. The van der Waals surface area contributed by atoms with Gasteiger partial charge in [-0.1, -0.05) is 6.92 Å². The largest absolute Gasteiger partial charge is 0.444 e. The van der Waals surface area contributed by atoms with Crippen LogP contribution in [0.3, 0.4) is 0 Å². The van der Waals surface area contributed by atoms with Crippen molar-refractivity contribution >= 4 is 11.6 Å². The number of halogens is 1. The molecule has 0 spiro atoms. The first-order valence-corrected chi connectivity index (χ1v) is 6.28. The second-order valence-electron chi connectivity index (χ2n) is 4.46. The zero-order chi connectivity index (χ0) is 14.7. The van der Waals surface area contributed by atoms with E-state index in [1.807, 2.05) is 6.92 Å². The molecule has 1 aromatic heterocycles. The molecule has 1 heterocycles. The lowest BCUT2D eigenvalue weighted by atomic mass is 10.1. The Kier molecular flexibility index (Phi) is 4.02. The molecule has 0 unspecified atom stereocenters. The first-order chi connectivity index (χ1) is 9.51. The Hall–Kier alpha value is -2.37. The van der Waals surface area contributed by atoms with Gasteiger partial charge < -0.3 is 15.5 Å². The van der Waals surface area contributed by atoms with Crippen LogP contribution in [-0.4, -0.2) is 10.9 Å². The molecule has 3 N–H and O–H groups in total. The third kappa shape index (κ3) is 2.96. The standard InChI is InChI=1S/C14H16FN3O2/c1-3-10-6-17-12(20-10)7-18-14(19)11-5-9(16)4-8(2)13(11)15/h4-6H,3,7,16H2,1-2H3,(H,18,19). The normalized spacial score (nSPS) is 10.6. The lowest BCUT2D eigenvalue weighted by Crippen LogP contribution is -2.24. The molecule has 1 amide bonds. The molecule has 0 bridgehead atoms. The van der Waals surface area contributed by atoms with Crippen molar-refractivity contribution in [3.05, 3.63) is 46.9 Å². The Morgan fingerprint density at radius 2 is 2.25 bits per heavy atom. The van der Waals surface area contributed by atoms with Crippen LogP contribution in [0, 0.1) is 12.7 Å². The molecule has 2 rings (SSSR count). The number of oxazole rings is 1. The van der Waals surface area contributed by atoms with Gasteiger partial charge in [0.2, 0.25) is 5.89 Å². The monoisotopic (exact) mass is 277 g/mol. The maximum atomic E-state index is 13.9. The molecule has 5 nitrogen and oxygen atoms in total. The van der Waals surface area contributed by atoms with Gasteiger partial charge >= 0.3 is 0 Å². The van der Waals surface area contributed by atoms with Crippen LogP contribution < -0.4 is 11.1 Å². The van der Waals surface area contributed by atoms with Crippen LogP contribution in [0.2, 0.25) is 0 Å². The highest BCUT2D eigenvalue weighted by atomic mass is 19.1. The third-order valence-electron chi connectivity index (χ3n) is 2.87. The van der Waals surface area contributed by atoms with Crippen molar-refractivity contribution in [3.63, 3.8) is 0 Å². The molecule has 6 heteroatoms. The number of rotatable bonds is 4. The number of aromatic nitrogens is 1. The van der Waals surface area contributed by atoms with Gasteiger partial charge in [0, 0.05) is 12.1 Å². The van der Waals surface area contributed by atoms with Crippen molar-refractivity contribution in [1.82, 2.24) is 10.3 Å². The van der Waals surface area contributed by atoms with E-state index in [1.165, 1.54) is 12.1 Å². The Labute approximate surface area is 116 Å². The van der Waals surface area contributed by atoms with Gasteiger partial charge in [0.15, 0.2) is 0 Å². The summed E-state index contributed by atoms with van der Waals surface area (Å²) in [6.07, 6.45) is 2.33. The molecule has 1 aromatic carbocycles. The first kappa shape index (κ1) is 14.0. The summed E-state index contributed by atoms with van der Waals surface area (Å²) in [6, 6.07) is 2.79. The third-order valence-corrected chi connectivity index (χ3v) is 2.87. The zero-order valence-electron chi connectivity index (χ0n) is 11.4. The van der Waals surface area contributed by atoms with Gasteiger partial charge in [0.1, 0.15) is 11.6 Å². The van der Waals surface area contributed by atoms with Crippen LogP contribution in [0.15, 0.2) is 22.7 Å². The minimum atomic E-state index is -0.571. The van der Waals surface area contributed by atoms with E-state index in [1.54, 1.807) is 13.1 Å². The van der Waals surface area contributed by atoms with Crippen molar-refractivity contribution in [3.8, 4) is 0 Å².